The molecule has 0 bridgehead atoms. The molecule has 66 valence electrons. The molecule has 2 nitrogen and oxygen atoms in total. The van der Waals surface area contributed by atoms with Crippen molar-refractivity contribution in [3.05, 3.63) is 35.2 Å². The summed E-state index contributed by atoms with van der Waals surface area (Å²) >= 11 is 0. The van der Waals surface area contributed by atoms with Gasteiger partial charge in [-0.3, -0.25) is 0 Å². The van der Waals surface area contributed by atoms with Crippen molar-refractivity contribution in [2.75, 3.05) is 0 Å². The van der Waals surface area contributed by atoms with Crippen LogP contribution in [0.1, 0.15) is 16.8 Å². The maximum absolute atomic E-state index is 4.39. The highest BCUT2D eigenvalue weighted by Gasteiger charge is 2.02. The average molecular weight is 172 g/mol. The first-order chi connectivity index (χ1) is 6.18. The fourth-order valence-corrected chi connectivity index (χ4v) is 1.70. The van der Waals surface area contributed by atoms with Crippen molar-refractivity contribution < 1.29 is 0 Å². The van der Waals surface area contributed by atoms with Gasteiger partial charge in [0, 0.05) is 17.3 Å². The number of nitrogens with zero attached hydrogens (tertiary/aromatic N) is 2. The molecule has 2 rings (SSSR count). The molecule has 0 atom stereocenters. The van der Waals surface area contributed by atoms with Gasteiger partial charge in [-0.1, -0.05) is 0 Å². The van der Waals surface area contributed by atoms with Gasteiger partial charge in [-0.25, -0.2) is 9.97 Å². The minimum atomic E-state index is 0.859. The lowest BCUT2D eigenvalue weighted by atomic mass is 10.1. The molecule has 0 unspecified atom stereocenters. The van der Waals surface area contributed by atoms with E-state index in [0.717, 1.165) is 11.3 Å². The summed E-state index contributed by atoms with van der Waals surface area (Å²) in [5, 5.41) is 1.19. The highest BCUT2D eigenvalue weighted by Crippen LogP contribution is 2.18. The maximum atomic E-state index is 4.39. The third-order valence-electron chi connectivity index (χ3n) is 2.24. The van der Waals surface area contributed by atoms with Crippen LogP contribution in [0.4, 0.5) is 0 Å². The summed E-state index contributed by atoms with van der Waals surface area (Å²) in [5.74, 6) is 0. The minimum absolute atomic E-state index is 0.859. The van der Waals surface area contributed by atoms with E-state index in [1.165, 1.54) is 16.5 Å². The zero-order chi connectivity index (χ0) is 9.42. The maximum Gasteiger partial charge on any atom is 0.159 e. The SMILES string of the molecule is Cc1cc(C)c2c(C)ccnc2n1. The van der Waals surface area contributed by atoms with Gasteiger partial charge in [0.25, 0.3) is 0 Å². The number of pyridine rings is 2. The Morgan fingerprint density at radius 2 is 1.85 bits per heavy atom. The Balaban J connectivity index is 2.94. The van der Waals surface area contributed by atoms with Crippen LogP contribution in [0, 0.1) is 20.8 Å². The van der Waals surface area contributed by atoms with Gasteiger partial charge in [-0.05, 0) is 44.0 Å². The second-order valence-corrected chi connectivity index (χ2v) is 3.41. The molecule has 2 heterocycles. The fourth-order valence-electron chi connectivity index (χ4n) is 1.70. The molecule has 0 saturated heterocycles. The first-order valence-electron chi connectivity index (χ1n) is 4.38. The van der Waals surface area contributed by atoms with Crippen LogP contribution in [0.3, 0.4) is 0 Å². The Bertz CT molecular complexity index is 461. The van der Waals surface area contributed by atoms with Gasteiger partial charge in [0.15, 0.2) is 5.65 Å². The lowest BCUT2D eigenvalue weighted by Crippen LogP contribution is -1.91. The number of hydrogen-bond acceptors (Lipinski definition) is 2. The van der Waals surface area contributed by atoms with Crippen LogP contribution in [0.25, 0.3) is 11.0 Å². The van der Waals surface area contributed by atoms with E-state index in [1.807, 2.05) is 19.2 Å². The van der Waals surface area contributed by atoms with E-state index in [2.05, 4.69) is 29.9 Å². The minimum Gasteiger partial charge on any atom is -0.237 e. The highest BCUT2D eigenvalue weighted by atomic mass is 14.8. The van der Waals surface area contributed by atoms with Crippen molar-refractivity contribution in [1.82, 2.24) is 9.97 Å². The molecule has 0 radical (unpaired) electrons. The standard InChI is InChI=1S/C11H12N2/c1-7-4-5-12-11-10(7)8(2)6-9(3)13-11/h4-6H,1-3H3. The Labute approximate surface area is 77.6 Å². The Morgan fingerprint density at radius 3 is 2.62 bits per heavy atom. The Hall–Kier alpha value is -1.44. The van der Waals surface area contributed by atoms with Crippen LogP contribution >= 0.6 is 0 Å². The average Bonchev–Trinajstić information content (AvgIpc) is 2.02. The van der Waals surface area contributed by atoms with E-state index in [-0.39, 0.29) is 0 Å². The summed E-state index contributed by atoms with van der Waals surface area (Å²) < 4.78 is 0. The molecule has 0 aliphatic rings. The molecule has 0 aliphatic heterocycles. The first-order valence-corrected chi connectivity index (χ1v) is 4.38. The van der Waals surface area contributed by atoms with Gasteiger partial charge in [0.05, 0.1) is 0 Å². The predicted molar refractivity (Wildman–Crippen MR) is 53.7 cm³/mol. The van der Waals surface area contributed by atoms with E-state index in [0.29, 0.717) is 0 Å². The van der Waals surface area contributed by atoms with E-state index in [9.17, 15) is 0 Å². The first kappa shape index (κ1) is 8.17. The van der Waals surface area contributed by atoms with Crippen molar-refractivity contribution in [2.24, 2.45) is 0 Å². The molecule has 0 spiro atoms. The molecule has 0 aliphatic carbocycles. The third kappa shape index (κ3) is 1.28. The van der Waals surface area contributed by atoms with Crippen molar-refractivity contribution in [1.29, 1.82) is 0 Å². The molecular formula is C11H12N2. The summed E-state index contributed by atoms with van der Waals surface area (Å²) in [6.45, 7) is 6.19. The Kier molecular flexibility index (Phi) is 1.76. The Morgan fingerprint density at radius 1 is 1.08 bits per heavy atom. The summed E-state index contributed by atoms with van der Waals surface area (Å²) in [6, 6.07) is 4.11. The smallest absolute Gasteiger partial charge is 0.159 e. The van der Waals surface area contributed by atoms with Gasteiger partial charge in [-0.2, -0.15) is 0 Å². The lowest BCUT2D eigenvalue weighted by molar-refractivity contribution is 1.18. The van der Waals surface area contributed by atoms with E-state index >= 15 is 0 Å². The molecule has 0 amide bonds. The second kappa shape index (κ2) is 2.80. The predicted octanol–water partition coefficient (Wildman–Crippen LogP) is 2.56. The molecule has 2 heteroatoms. The molecule has 0 aromatic carbocycles. The van der Waals surface area contributed by atoms with Crippen molar-refractivity contribution >= 4 is 11.0 Å². The van der Waals surface area contributed by atoms with Gasteiger partial charge in [-0.15, -0.1) is 0 Å². The number of aromatic nitrogens is 2. The summed E-state index contributed by atoms with van der Waals surface area (Å²) in [5.41, 5.74) is 4.39. The molecule has 0 saturated carbocycles. The highest BCUT2D eigenvalue weighted by molar-refractivity contribution is 5.82. The normalized spacial score (nSPS) is 10.7. The van der Waals surface area contributed by atoms with Crippen LogP contribution < -0.4 is 0 Å². The molecule has 2 aromatic heterocycles. The quantitative estimate of drug-likeness (QED) is 0.610. The molecule has 13 heavy (non-hydrogen) atoms. The third-order valence-corrected chi connectivity index (χ3v) is 2.24. The van der Waals surface area contributed by atoms with Crippen molar-refractivity contribution in [2.45, 2.75) is 20.8 Å². The van der Waals surface area contributed by atoms with Gasteiger partial charge >= 0.3 is 0 Å². The second-order valence-electron chi connectivity index (χ2n) is 3.41. The van der Waals surface area contributed by atoms with Gasteiger partial charge in [0.1, 0.15) is 0 Å². The van der Waals surface area contributed by atoms with Crippen LogP contribution in [-0.2, 0) is 0 Å². The van der Waals surface area contributed by atoms with Crippen LogP contribution in [0.15, 0.2) is 18.3 Å². The summed E-state index contributed by atoms with van der Waals surface area (Å²) in [6.07, 6.45) is 1.81. The van der Waals surface area contributed by atoms with Crippen LogP contribution in [-0.4, -0.2) is 9.97 Å². The molecular weight excluding hydrogens is 160 g/mol. The zero-order valence-electron chi connectivity index (χ0n) is 8.13. The molecule has 0 N–H and O–H groups in total. The monoisotopic (exact) mass is 172 g/mol. The number of aryl methyl sites for hydroxylation is 3. The molecule has 0 fully saturated rings. The largest absolute Gasteiger partial charge is 0.237 e. The van der Waals surface area contributed by atoms with E-state index < -0.39 is 0 Å². The van der Waals surface area contributed by atoms with Crippen LogP contribution in [0.5, 0.6) is 0 Å². The van der Waals surface area contributed by atoms with E-state index in [4.69, 9.17) is 0 Å². The van der Waals surface area contributed by atoms with E-state index in [1.54, 1.807) is 0 Å². The topological polar surface area (TPSA) is 25.8 Å². The number of hydrogen-bond donors (Lipinski definition) is 0. The van der Waals surface area contributed by atoms with Crippen molar-refractivity contribution in [3.8, 4) is 0 Å². The summed E-state index contributed by atoms with van der Waals surface area (Å²) in [4.78, 5) is 8.64. The number of rotatable bonds is 0. The zero-order valence-corrected chi connectivity index (χ0v) is 8.13. The number of fused-ring (bicyclic) bond motifs is 1. The lowest BCUT2D eigenvalue weighted by Gasteiger charge is -2.04. The van der Waals surface area contributed by atoms with Gasteiger partial charge in [0.2, 0.25) is 0 Å². The van der Waals surface area contributed by atoms with Gasteiger partial charge < -0.3 is 0 Å². The summed E-state index contributed by atoms with van der Waals surface area (Å²) in [7, 11) is 0. The fraction of sp³-hybridized carbons (Fsp3) is 0.273. The van der Waals surface area contributed by atoms with Crippen LogP contribution in [0.2, 0.25) is 0 Å². The molecule has 2 aromatic rings. The van der Waals surface area contributed by atoms with Crippen molar-refractivity contribution in [3.63, 3.8) is 0 Å².